The Bertz CT molecular complexity index is 1040. The number of carbonyl (C=O) groups excluding carboxylic acids is 2. The van der Waals surface area contributed by atoms with Crippen LogP contribution in [0.15, 0.2) is 53.4 Å². The van der Waals surface area contributed by atoms with Gasteiger partial charge in [-0.05, 0) is 49.7 Å². The fourth-order valence-corrected chi connectivity index (χ4v) is 4.65. The van der Waals surface area contributed by atoms with E-state index >= 15 is 0 Å². The van der Waals surface area contributed by atoms with Crippen LogP contribution in [0.3, 0.4) is 0 Å². The van der Waals surface area contributed by atoms with Crippen LogP contribution in [0.25, 0.3) is 0 Å². The van der Waals surface area contributed by atoms with Crippen molar-refractivity contribution in [3.05, 3.63) is 54.1 Å². The molecular formula is C23H29N3O5S. The molecule has 8 nitrogen and oxygen atoms in total. The molecule has 0 atom stereocenters. The molecule has 1 fully saturated rings. The lowest BCUT2D eigenvalue weighted by Crippen LogP contribution is -2.37. The van der Waals surface area contributed by atoms with E-state index < -0.39 is 10.0 Å². The molecule has 2 aromatic rings. The van der Waals surface area contributed by atoms with Crippen molar-refractivity contribution < 1.29 is 22.7 Å². The molecule has 1 aliphatic heterocycles. The summed E-state index contributed by atoms with van der Waals surface area (Å²) in [6, 6.07) is 13.6. The summed E-state index contributed by atoms with van der Waals surface area (Å²) in [6.45, 7) is 4.24. The number of methoxy groups -OCH3 is 1. The summed E-state index contributed by atoms with van der Waals surface area (Å²) < 4.78 is 32.5. The summed E-state index contributed by atoms with van der Waals surface area (Å²) >= 11 is 0. The third kappa shape index (κ3) is 6.08. The van der Waals surface area contributed by atoms with Crippen molar-refractivity contribution in [2.75, 3.05) is 44.7 Å². The Balaban J connectivity index is 1.49. The minimum absolute atomic E-state index is 0.0221. The summed E-state index contributed by atoms with van der Waals surface area (Å²) in [5, 5.41) is 0. The maximum Gasteiger partial charge on any atom is 0.240 e. The molecule has 3 rings (SSSR count). The van der Waals surface area contributed by atoms with E-state index in [1.807, 2.05) is 24.3 Å². The van der Waals surface area contributed by atoms with Crippen LogP contribution in [0.1, 0.15) is 30.1 Å². The van der Waals surface area contributed by atoms with E-state index in [1.54, 1.807) is 12.0 Å². The van der Waals surface area contributed by atoms with Gasteiger partial charge in [0, 0.05) is 50.4 Å². The van der Waals surface area contributed by atoms with Gasteiger partial charge >= 0.3 is 0 Å². The van der Waals surface area contributed by atoms with Crippen molar-refractivity contribution in [2.24, 2.45) is 0 Å². The van der Waals surface area contributed by atoms with Gasteiger partial charge in [-0.15, -0.1) is 0 Å². The zero-order valence-corrected chi connectivity index (χ0v) is 19.2. The summed E-state index contributed by atoms with van der Waals surface area (Å²) in [4.78, 5) is 28.1. The second kappa shape index (κ2) is 10.6. The topological polar surface area (TPSA) is 96.0 Å². The number of ether oxygens (including phenoxy) is 1. The van der Waals surface area contributed by atoms with E-state index in [0.29, 0.717) is 25.2 Å². The lowest BCUT2D eigenvalue weighted by atomic mass is 10.2. The van der Waals surface area contributed by atoms with Crippen LogP contribution in [-0.2, 0) is 14.8 Å². The predicted octanol–water partition coefficient (Wildman–Crippen LogP) is 2.31. The average Bonchev–Trinajstić information content (AvgIpc) is 3.05. The molecule has 1 heterocycles. The summed E-state index contributed by atoms with van der Waals surface area (Å²) in [5.74, 6) is 0.601. The first kappa shape index (κ1) is 23.7. The van der Waals surface area contributed by atoms with Crippen molar-refractivity contribution in [2.45, 2.75) is 24.7 Å². The number of rotatable bonds is 8. The molecule has 1 aliphatic rings. The smallest absolute Gasteiger partial charge is 0.240 e. The highest BCUT2D eigenvalue weighted by Crippen LogP contribution is 2.20. The Morgan fingerprint density at radius 3 is 2.28 bits per heavy atom. The molecule has 2 aromatic carbocycles. The fraction of sp³-hybridized carbons (Fsp3) is 0.391. The van der Waals surface area contributed by atoms with Gasteiger partial charge in [-0.2, -0.15) is 0 Å². The SMILES string of the molecule is COc1ccc(N2CCCN(C(=O)CCNS(=O)(=O)c3ccc(C(C)=O)cc3)CC2)cc1. The fourth-order valence-electron chi connectivity index (χ4n) is 3.62. The summed E-state index contributed by atoms with van der Waals surface area (Å²) in [6.07, 6.45) is 0.930. The molecule has 1 saturated heterocycles. The van der Waals surface area contributed by atoms with Gasteiger partial charge in [-0.25, -0.2) is 13.1 Å². The summed E-state index contributed by atoms with van der Waals surface area (Å²) in [5.41, 5.74) is 1.53. The predicted molar refractivity (Wildman–Crippen MR) is 123 cm³/mol. The van der Waals surface area contributed by atoms with Crippen molar-refractivity contribution in [1.82, 2.24) is 9.62 Å². The monoisotopic (exact) mass is 459 g/mol. The molecule has 9 heteroatoms. The molecule has 0 bridgehead atoms. The molecule has 1 amide bonds. The van der Waals surface area contributed by atoms with Gasteiger partial charge in [0.2, 0.25) is 15.9 Å². The second-order valence-electron chi connectivity index (χ2n) is 7.65. The molecule has 172 valence electrons. The number of hydrogen-bond acceptors (Lipinski definition) is 6. The van der Waals surface area contributed by atoms with Gasteiger partial charge in [-0.1, -0.05) is 12.1 Å². The Kier molecular flexibility index (Phi) is 7.87. The number of nitrogens with zero attached hydrogens (tertiary/aromatic N) is 2. The van der Waals surface area contributed by atoms with Crippen LogP contribution in [0, 0.1) is 0 Å². The van der Waals surface area contributed by atoms with Crippen LogP contribution in [0.4, 0.5) is 5.69 Å². The summed E-state index contributed by atoms with van der Waals surface area (Å²) in [7, 11) is -2.10. The van der Waals surface area contributed by atoms with E-state index in [1.165, 1.54) is 31.2 Å². The third-order valence-electron chi connectivity index (χ3n) is 5.49. The first-order valence-corrected chi connectivity index (χ1v) is 12.1. The van der Waals surface area contributed by atoms with Crippen molar-refractivity contribution in [1.29, 1.82) is 0 Å². The van der Waals surface area contributed by atoms with Crippen LogP contribution >= 0.6 is 0 Å². The minimum Gasteiger partial charge on any atom is -0.497 e. The number of sulfonamides is 1. The maximum absolute atomic E-state index is 12.6. The Labute approximate surface area is 189 Å². The first-order valence-electron chi connectivity index (χ1n) is 10.6. The normalized spacial score (nSPS) is 14.7. The molecular weight excluding hydrogens is 430 g/mol. The number of Topliss-reactive ketones (excluding diaryl/α,β-unsaturated/α-hetero) is 1. The third-order valence-corrected chi connectivity index (χ3v) is 6.97. The van der Waals surface area contributed by atoms with Crippen LogP contribution in [-0.4, -0.2) is 64.8 Å². The lowest BCUT2D eigenvalue weighted by molar-refractivity contribution is -0.130. The molecule has 0 aromatic heterocycles. The van der Waals surface area contributed by atoms with Crippen LogP contribution in [0.5, 0.6) is 5.75 Å². The number of ketones is 1. The zero-order valence-electron chi connectivity index (χ0n) is 18.4. The molecule has 32 heavy (non-hydrogen) atoms. The van der Waals surface area contributed by atoms with Crippen LogP contribution < -0.4 is 14.4 Å². The van der Waals surface area contributed by atoms with Gasteiger partial charge in [-0.3, -0.25) is 9.59 Å². The molecule has 1 N–H and O–H groups in total. The number of benzene rings is 2. The highest BCUT2D eigenvalue weighted by Gasteiger charge is 2.20. The molecule has 0 unspecified atom stereocenters. The molecule has 0 radical (unpaired) electrons. The van der Waals surface area contributed by atoms with E-state index in [9.17, 15) is 18.0 Å². The Morgan fingerprint density at radius 1 is 0.969 bits per heavy atom. The second-order valence-corrected chi connectivity index (χ2v) is 9.41. The standard InChI is InChI=1S/C23H29N3O5S/c1-18(27)19-4-10-22(11-5-19)32(29,30)24-13-12-23(28)26-15-3-14-25(16-17-26)20-6-8-21(31-2)9-7-20/h4-11,24H,3,12-17H2,1-2H3. The van der Waals surface area contributed by atoms with E-state index in [2.05, 4.69) is 9.62 Å². The first-order chi connectivity index (χ1) is 15.3. The highest BCUT2D eigenvalue weighted by atomic mass is 32.2. The molecule has 0 saturated carbocycles. The van der Waals surface area contributed by atoms with E-state index in [0.717, 1.165) is 24.4 Å². The van der Waals surface area contributed by atoms with Gasteiger partial charge in [0.05, 0.1) is 12.0 Å². The van der Waals surface area contributed by atoms with E-state index in [-0.39, 0.29) is 29.6 Å². The Morgan fingerprint density at radius 2 is 1.66 bits per heavy atom. The van der Waals surface area contributed by atoms with E-state index in [4.69, 9.17) is 4.74 Å². The quantitative estimate of drug-likeness (QED) is 0.609. The number of nitrogens with one attached hydrogen (secondary N) is 1. The van der Waals surface area contributed by atoms with Gasteiger partial charge < -0.3 is 14.5 Å². The van der Waals surface area contributed by atoms with Crippen molar-refractivity contribution >= 4 is 27.4 Å². The van der Waals surface area contributed by atoms with Gasteiger partial charge in [0.1, 0.15) is 5.75 Å². The molecule has 0 spiro atoms. The Hall–Kier alpha value is -2.91. The van der Waals surface area contributed by atoms with Gasteiger partial charge in [0.15, 0.2) is 5.78 Å². The number of amides is 1. The van der Waals surface area contributed by atoms with Crippen LogP contribution in [0.2, 0.25) is 0 Å². The highest BCUT2D eigenvalue weighted by molar-refractivity contribution is 7.89. The largest absolute Gasteiger partial charge is 0.497 e. The maximum atomic E-state index is 12.6. The molecule has 0 aliphatic carbocycles. The number of carbonyl (C=O) groups is 2. The van der Waals surface area contributed by atoms with Crippen molar-refractivity contribution in [3.8, 4) is 5.75 Å². The number of hydrogen-bond donors (Lipinski definition) is 1. The number of anilines is 1. The average molecular weight is 460 g/mol. The lowest BCUT2D eigenvalue weighted by Gasteiger charge is -2.24. The minimum atomic E-state index is -3.74. The van der Waals surface area contributed by atoms with Gasteiger partial charge in [0.25, 0.3) is 0 Å². The zero-order chi connectivity index (χ0) is 23.1. The van der Waals surface area contributed by atoms with Crippen molar-refractivity contribution in [3.63, 3.8) is 0 Å².